The van der Waals surface area contributed by atoms with Crippen molar-refractivity contribution >= 4 is 5.97 Å². The molecule has 0 amide bonds. The summed E-state index contributed by atoms with van der Waals surface area (Å²) in [7, 11) is 0. The second-order valence-corrected chi connectivity index (χ2v) is 4.78. The highest BCUT2D eigenvalue weighted by atomic mass is 16.4. The lowest BCUT2D eigenvalue weighted by Gasteiger charge is -2.09. The van der Waals surface area contributed by atoms with Crippen molar-refractivity contribution in [1.82, 2.24) is 0 Å². The fourth-order valence-electron chi connectivity index (χ4n) is 2.46. The molecular weight excluding hydrogens is 250 g/mol. The number of carbonyl (C=O) groups is 1. The van der Waals surface area contributed by atoms with Crippen molar-refractivity contribution in [2.24, 2.45) is 0 Å². The Bertz CT molecular complexity index is 581. The normalized spacial score (nSPS) is 10.5. The number of hydrogen-bond acceptors (Lipinski definition) is 1. The SMILES string of the molecule is CCc1cc(-c2ccccc2)cc(CC)[n+]1CC(=O)O. The minimum Gasteiger partial charge on any atom is -0.477 e. The Morgan fingerprint density at radius 1 is 1.00 bits per heavy atom. The number of nitrogens with zero attached hydrogens (tertiary/aromatic N) is 1. The summed E-state index contributed by atoms with van der Waals surface area (Å²) in [5.41, 5.74) is 4.44. The van der Waals surface area contributed by atoms with Crippen molar-refractivity contribution in [3.05, 3.63) is 53.9 Å². The molecule has 0 unspecified atom stereocenters. The number of pyridine rings is 1. The molecule has 0 saturated carbocycles. The lowest BCUT2D eigenvalue weighted by molar-refractivity contribution is -0.700. The van der Waals surface area contributed by atoms with Crippen LogP contribution < -0.4 is 4.57 Å². The van der Waals surface area contributed by atoms with E-state index < -0.39 is 5.97 Å². The highest BCUT2D eigenvalue weighted by Gasteiger charge is 2.19. The first-order valence-corrected chi connectivity index (χ1v) is 6.98. The van der Waals surface area contributed by atoms with Crippen molar-refractivity contribution in [3.8, 4) is 11.1 Å². The van der Waals surface area contributed by atoms with Crippen LogP contribution in [0.3, 0.4) is 0 Å². The lowest BCUT2D eigenvalue weighted by Crippen LogP contribution is -2.45. The predicted molar refractivity (Wildman–Crippen MR) is 78.5 cm³/mol. The molecule has 0 radical (unpaired) electrons. The number of hydrogen-bond donors (Lipinski definition) is 1. The quantitative estimate of drug-likeness (QED) is 0.849. The Hall–Kier alpha value is -2.16. The first kappa shape index (κ1) is 14.3. The molecule has 1 heterocycles. The molecule has 0 saturated heterocycles. The van der Waals surface area contributed by atoms with Crippen molar-refractivity contribution in [1.29, 1.82) is 0 Å². The number of carboxylic acids is 1. The third-order valence-corrected chi connectivity index (χ3v) is 3.46. The summed E-state index contributed by atoms with van der Waals surface area (Å²) < 4.78 is 1.91. The van der Waals surface area contributed by atoms with Gasteiger partial charge in [-0.3, -0.25) is 0 Å². The number of aliphatic carboxylic acids is 1. The van der Waals surface area contributed by atoms with Gasteiger partial charge in [0.25, 0.3) is 0 Å². The van der Waals surface area contributed by atoms with Gasteiger partial charge >= 0.3 is 5.97 Å². The fourth-order valence-corrected chi connectivity index (χ4v) is 2.46. The van der Waals surface area contributed by atoms with Gasteiger partial charge in [0.15, 0.2) is 11.4 Å². The van der Waals surface area contributed by atoms with Gasteiger partial charge in [0.1, 0.15) is 0 Å². The zero-order valence-electron chi connectivity index (χ0n) is 12.0. The van der Waals surface area contributed by atoms with E-state index in [0.29, 0.717) is 0 Å². The predicted octanol–water partition coefficient (Wildman–Crippen LogP) is 2.85. The van der Waals surface area contributed by atoms with Gasteiger partial charge in [-0.25, -0.2) is 4.79 Å². The van der Waals surface area contributed by atoms with E-state index in [1.807, 2.05) is 22.8 Å². The van der Waals surface area contributed by atoms with Crippen LogP contribution in [0.15, 0.2) is 42.5 Å². The van der Waals surface area contributed by atoms with Crippen molar-refractivity contribution in [2.75, 3.05) is 0 Å². The zero-order valence-corrected chi connectivity index (χ0v) is 12.0. The molecule has 0 atom stereocenters. The van der Waals surface area contributed by atoms with Crippen molar-refractivity contribution < 1.29 is 14.5 Å². The average molecular weight is 270 g/mol. The number of aryl methyl sites for hydroxylation is 2. The van der Waals surface area contributed by atoms with E-state index in [9.17, 15) is 4.79 Å². The van der Waals surface area contributed by atoms with Gasteiger partial charge in [-0.2, -0.15) is 4.57 Å². The van der Waals surface area contributed by atoms with Crippen molar-refractivity contribution in [3.63, 3.8) is 0 Å². The van der Waals surface area contributed by atoms with Crippen LogP contribution >= 0.6 is 0 Å². The van der Waals surface area contributed by atoms with Gasteiger partial charge in [-0.1, -0.05) is 44.2 Å². The molecule has 2 aromatic rings. The molecule has 0 fully saturated rings. The standard InChI is InChI=1S/C17H19NO2/c1-3-15-10-14(13-8-6-5-7-9-13)11-16(4-2)18(15)12-17(19)20/h5-11H,3-4,12H2,1-2H3/p+1. The van der Waals surface area contributed by atoms with Gasteiger partial charge in [-0.05, 0) is 11.1 Å². The summed E-state index contributed by atoms with van der Waals surface area (Å²) in [6.45, 7) is 4.14. The smallest absolute Gasteiger partial charge is 0.370 e. The maximum atomic E-state index is 11.0. The van der Waals surface area contributed by atoms with Crippen LogP contribution in [-0.2, 0) is 24.2 Å². The molecule has 0 bridgehead atoms. The summed E-state index contributed by atoms with van der Waals surface area (Å²) >= 11 is 0. The summed E-state index contributed by atoms with van der Waals surface area (Å²) in [5, 5.41) is 9.07. The molecule has 1 N–H and O–H groups in total. The Balaban J connectivity index is 2.55. The average Bonchev–Trinajstić information content (AvgIpc) is 2.47. The van der Waals surface area contributed by atoms with Crippen LogP contribution in [0.1, 0.15) is 25.2 Å². The summed E-state index contributed by atoms with van der Waals surface area (Å²) in [4.78, 5) is 11.0. The molecule has 0 aliphatic carbocycles. The van der Waals surface area contributed by atoms with Crippen LogP contribution in [0.5, 0.6) is 0 Å². The summed E-state index contributed by atoms with van der Waals surface area (Å²) in [5.74, 6) is -0.799. The molecule has 20 heavy (non-hydrogen) atoms. The van der Waals surface area contributed by atoms with Gasteiger partial charge in [0.2, 0.25) is 6.54 Å². The van der Waals surface area contributed by atoms with Gasteiger partial charge in [0.05, 0.1) is 0 Å². The molecule has 1 aromatic carbocycles. The fraction of sp³-hybridized carbons (Fsp3) is 0.294. The Labute approximate surface area is 119 Å². The third kappa shape index (κ3) is 3.05. The van der Waals surface area contributed by atoms with E-state index in [1.54, 1.807) is 0 Å². The van der Waals surface area contributed by atoms with E-state index in [2.05, 4.69) is 38.1 Å². The molecule has 2 rings (SSSR count). The van der Waals surface area contributed by atoms with E-state index in [0.717, 1.165) is 29.8 Å². The minimum atomic E-state index is -0.799. The minimum absolute atomic E-state index is 0.0292. The zero-order chi connectivity index (χ0) is 14.5. The molecule has 1 aromatic heterocycles. The third-order valence-electron chi connectivity index (χ3n) is 3.46. The highest BCUT2D eigenvalue weighted by molar-refractivity contribution is 5.65. The first-order valence-electron chi connectivity index (χ1n) is 6.98. The van der Waals surface area contributed by atoms with Gasteiger partial charge in [-0.15, -0.1) is 0 Å². The van der Waals surface area contributed by atoms with E-state index in [4.69, 9.17) is 5.11 Å². The molecule has 0 spiro atoms. The monoisotopic (exact) mass is 270 g/mol. The largest absolute Gasteiger partial charge is 0.477 e. The second kappa shape index (κ2) is 6.33. The lowest BCUT2D eigenvalue weighted by atomic mass is 10.0. The maximum Gasteiger partial charge on any atom is 0.370 e. The Morgan fingerprint density at radius 2 is 1.55 bits per heavy atom. The van der Waals surface area contributed by atoms with E-state index in [1.165, 1.54) is 5.56 Å². The summed E-state index contributed by atoms with van der Waals surface area (Å²) in [6.07, 6.45) is 1.64. The van der Waals surface area contributed by atoms with Crippen LogP contribution in [-0.4, -0.2) is 11.1 Å². The van der Waals surface area contributed by atoms with Gasteiger partial charge in [0, 0.05) is 25.0 Å². The Kier molecular flexibility index (Phi) is 4.51. The van der Waals surface area contributed by atoms with Crippen LogP contribution in [0, 0.1) is 0 Å². The van der Waals surface area contributed by atoms with E-state index >= 15 is 0 Å². The van der Waals surface area contributed by atoms with Crippen LogP contribution in [0.25, 0.3) is 11.1 Å². The van der Waals surface area contributed by atoms with Crippen LogP contribution in [0.4, 0.5) is 0 Å². The van der Waals surface area contributed by atoms with E-state index in [-0.39, 0.29) is 6.54 Å². The number of carboxylic acid groups (broad SMARTS) is 1. The topological polar surface area (TPSA) is 41.2 Å². The maximum absolute atomic E-state index is 11.0. The molecule has 3 heteroatoms. The molecule has 0 aliphatic rings. The van der Waals surface area contributed by atoms with Crippen LogP contribution in [0.2, 0.25) is 0 Å². The Morgan fingerprint density at radius 3 is 2.00 bits per heavy atom. The molecular formula is C17H20NO2+. The molecule has 3 nitrogen and oxygen atoms in total. The first-order chi connectivity index (χ1) is 9.65. The molecule has 104 valence electrons. The van der Waals surface area contributed by atoms with Crippen molar-refractivity contribution in [2.45, 2.75) is 33.2 Å². The van der Waals surface area contributed by atoms with Gasteiger partial charge < -0.3 is 5.11 Å². The number of benzene rings is 1. The second-order valence-electron chi connectivity index (χ2n) is 4.78. The molecule has 0 aliphatic heterocycles. The summed E-state index contributed by atoms with van der Waals surface area (Å²) in [6, 6.07) is 14.4. The highest BCUT2D eigenvalue weighted by Crippen LogP contribution is 2.20. The number of aromatic nitrogens is 1. The number of rotatable bonds is 5.